The molecule has 3 rings (SSSR count). The van der Waals surface area contributed by atoms with Crippen LogP contribution in [0.25, 0.3) is 0 Å². The summed E-state index contributed by atoms with van der Waals surface area (Å²) in [4.78, 5) is 7.25. The summed E-state index contributed by atoms with van der Waals surface area (Å²) in [6.45, 7) is 11.6. The Kier molecular flexibility index (Phi) is 10.3. The number of halogens is 1. The highest BCUT2D eigenvalue weighted by Gasteiger charge is 2.11. The van der Waals surface area contributed by atoms with Gasteiger partial charge in [0.25, 0.3) is 0 Å². The molecule has 1 aromatic heterocycles. The molecule has 2 heterocycles. The Morgan fingerprint density at radius 3 is 2.48 bits per heavy atom. The van der Waals surface area contributed by atoms with E-state index in [1.165, 1.54) is 37.1 Å². The molecule has 158 valence electrons. The predicted octanol–water partition coefficient (Wildman–Crippen LogP) is 4.35. The van der Waals surface area contributed by atoms with Crippen molar-refractivity contribution >= 4 is 29.9 Å². The van der Waals surface area contributed by atoms with Gasteiger partial charge in [0.15, 0.2) is 5.96 Å². The normalized spacial score (nSPS) is 14.4. The van der Waals surface area contributed by atoms with Gasteiger partial charge >= 0.3 is 0 Å². The summed E-state index contributed by atoms with van der Waals surface area (Å²) >= 11 is 0. The Labute approximate surface area is 191 Å². The van der Waals surface area contributed by atoms with Crippen LogP contribution in [0.1, 0.15) is 36.7 Å². The van der Waals surface area contributed by atoms with Crippen LogP contribution in [0, 0.1) is 0 Å². The summed E-state index contributed by atoms with van der Waals surface area (Å²) in [5.41, 5.74) is 3.67. The van der Waals surface area contributed by atoms with Gasteiger partial charge in [-0.25, -0.2) is 4.99 Å². The molecule has 29 heavy (non-hydrogen) atoms. The van der Waals surface area contributed by atoms with Crippen LogP contribution in [0.15, 0.2) is 64.2 Å². The molecule has 0 aliphatic carbocycles. The monoisotopic (exact) mass is 508 g/mol. The summed E-state index contributed by atoms with van der Waals surface area (Å²) < 4.78 is 5.38. The molecule has 1 saturated heterocycles. The van der Waals surface area contributed by atoms with Crippen LogP contribution in [0.4, 0.5) is 0 Å². The maximum Gasteiger partial charge on any atom is 0.191 e. The van der Waals surface area contributed by atoms with E-state index in [-0.39, 0.29) is 24.0 Å². The topological polar surface area (TPSA) is 52.8 Å². The number of likely N-dealkylation sites (tertiary alicyclic amines) is 1. The summed E-state index contributed by atoms with van der Waals surface area (Å²) in [6.07, 6.45) is 5.20. The van der Waals surface area contributed by atoms with Gasteiger partial charge in [-0.3, -0.25) is 4.90 Å². The van der Waals surface area contributed by atoms with Crippen LogP contribution in [-0.2, 0) is 19.5 Å². The van der Waals surface area contributed by atoms with Crippen LogP contribution in [0.5, 0.6) is 0 Å². The minimum Gasteiger partial charge on any atom is -0.469 e. The Balaban J connectivity index is 0.00000300. The van der Waals surface area contributed by atoms with Crippen molar-refractivity contribution in [2.75, 3.05) is 26.2 Å². The fourth-order valence-electron chi connectivity index (χ4n) is 3.29. The van der Waals surface area contributed by atoms with Gasteiger partial charge < -0.3 is 15.1 Å². The Morgan fingerprint density at radius 1 is 1.10 bits per heavy atom. The molecule has 6 heteroatoms. The fraction of sp³-hybridized carbons (Fsp3) is 0.435. The summed E-state index contributed by atoms with van der Waals surface area (Å²) in [5.74, 6) is 1.77. The highest BCUT2D eigenvalue weighted by Crippen LogP contribution is 2.13. The lowest BCUT2D eigenvalue weighted by Gasteiger charge is -2.15. The first-order valence-electron chi connectivity index (χ1n) is 10.2. The molecule has 1 aliphatic heterocycles. The van der Waals surface area contributed by atoms with Gasteiger partial charge in [0, 0.05) is 26.1 Å². The second kappa shape index (κ2) is 12.7. The van der Waals surface area contributed by atoms with E-state index in [0.717, 1.165) is 36.8 Å². The van der Waals surface area contributed by atoms with Gasteiger partial charge in [0.2, 0.25) is 0 Å². The first kappa shape index (κ1) is 23.5. The number of hydrogen-bond donors (Lipinski definition) is 2. The molecule has 1 aromatic carbocycles. The number of hydrogen-bond acceptors (Lipinski definition) is 3. The highest BCUT2D eigenvalue weighted by atomic mass is 127. The molecule has 2 N–H and O–H groups in total. The van der Waals surface area contributed by atoms with Crippen molar-refractivity contribution in [1.82, 2.24) is 15.5 Å². The van der Waals surface area contributed by atoms with Crippen LogP contribution >= 0.6 is 24.0 Å². The van der Waals surface area contributed by atoms with Gasteiger partial charge in [-0.05, 0) is 56.1 Å². The van der Waals surface area contributed by atoms with Gasteiger partial charge in [-0.15, -0.1) is 24.0 Å². The van der Waals surface area contributed by atoms with E-state index in [9.17, 15) is 0 Å². The van der Waals surface area contributed by atoms with Crippen LogP contribution in [0.2, 0.25) is 0 Å². The Bertz CT molecular complexity index is 750. The number of nitrogens with zero attached hydrogens (tertiary/aromatic N) is 2. The molecule has 0 atom stereocenters. The second-order valence-corrected chi connectivity index (χ2v) is 7.53. The third-order valence-corrected chi connectivity index (χ3v) is 4.85. The average Bonchev–Trinajstić information content (AvgIpc) is 3.39. The van der Waals surface area contributed by atoms with Crippen LogP contribution in [-0.4, -0.2) is 37.0 Å². The van der Waals surface area contributed by atoms with Crippen molar-refractivity contribution in [2.24, 2.45) is 4.99 Å². The van der Waals surface area contributed by atoms with Crippen molar-refractivity contribution in [2.45, 2.75) is 39.3 Å². The zero-order chi connectivity index (χ0) is 19.6. The number of guanidine groups is 1. The van der Waals surface area contributed by atoms with Crippen molar-refractivity contribution < 1.29 is 4.42 Å². The Morgan fingerprint density at radius 2 is 1.83 bits per heavy atom. The lowest BCUT2D eigenvalue weighted by molar-refractivity contribution is 0.331. The molecule has 0 saturated carbocycles. The van der Waals surface area contributed by atoms with Gasteiger partial charge in [-0.2, -0.15) is 0 Å². The second-order valence-electron chi connectivity index (χ2n) is 7.53. The van der Waals surface area contributed by atoms with E-state index >= 15 is 0 Å². The van der Waals surface area contributed by atoms with E-state index in [1.807, 2.05) is 19.1 Å². The molecule has 1 aliphatic rings. The molecule has 5 nitrogen and oxygen atoms in total. The maximum atomic E-state index is 5.38. The van der Waals surface area contributed by atoms with E-state index in [2.05, 4.69) is 46.4 Å². The minimum absolute atomic E-state index is 0. The van der Waals surface area contributed by atoms with Crippen molar-refractivity contribution in [1.29, 1.82) is 0 Å². The van der Waals surface area contributed by atoms with Crippen molar-refractivity contribution in [3.05, 3.63) is 71.7 Å². The lowest BCUT2D eigenvalue weighted by atomic mass is 10.1. The largest absolute Gasteiger partial charge is 0.469 e. The Hall–Kier alpha value is -1.80. The molecule has 0 radical (unpaired) electrons. The third kappa shape index (κ3) is 8.62. The molecule has 1 fully saturated rings. The summed E-state index contributed by atoms with van der Waals surface area (Å²) in [7, 11) is 0. The predicted molar refractivity (Wildman–Crippen MR) is 131 cm³/mol. The van der Waals surface area contributed by atoms with Gasteiger partial charge in [0.05, 0.1) is 12.8 Å². The first-order chi connectivity index (χ1) is 13.7. The van der Waals surface area contributed by atoms with Gasteiger partial charge in [0.1, 0.15) is 5.76 Å². The SMILES string of the molecule is C=C(C)CNC(=NCc1ccc(CN2CCCC2)cc1)NCCc1ccco1.I. The third-order valence-electron chi connectivity index (χ3n) is 4.85. The number of furan rings is 1. The van der Waals surface area contributed by atoms with Crippen molar-refractivity contribution in [3.63, 3.8) is 0 Å². The van der Waals surface area contributed by atoms with Crippen LogP contribution < -0.4 is 10.6 Å². The zero-order valence-corrected chi connectivity index (χ0v) is 19.7. The minimum atomic E-state index is 0. The smallest absolute Gasteiger partial charge is 0.191 e. The van der Waals surface area contributed by atoms with E-state index in [0.29, 0.717) is 13.1 Å². The number of rotatable bonds is 9. The summed E-state index contributed by atoms with van der Waals surface area (Å²) in [5, 5.41) is 6.71. The average molecular weight is 508 g/mol. The molecule has 0 bridgehead atoms. The van der Waals surface area contributed by atoms with E-state index in [1.54, 1.807) is 6.26 Å². The highest BCUT2D eigenvalue weighted by molar-refractivity contribution is 14.0. The molecular formula is C23H33IN4O. The lowest BCUT2D eigenvalue weighted by Crippen LogP contribution is -2.39. The summed E-state index contributed by atoms with van der Waals surface area (Å²) in [6, 6.07) is 12.7. The first-order valence-corrected chi connectivity index (χ1v) is 10.2. The molecule has 0 amide bonds. The zero-order valence-electron chi connectivity index (χ0n) is 17.3. The quantitative estimate of drug-likeness (QED) is 0.229. The van der Waals surface area contributed by atoms with Crippen LogP contribution in [0.3, 0.4) is 0 Å². The van der Waals surface area contributed by atoms with Gasteiger partial charge in [-0.1, -0.05) is 36.4 Å². The number of aliphatic imine (C=N–C) groups is 1. The van der Waals surface area contributed by atoms with Crippen molar-refractivity contribution in [3.8, 4) is 0 Å². The maximum absolute atomic E-state index is 5.38. The van der Waals surface area contributed by atoms with E-state index in [4.69, 9.17) is 9.41 Å². The molecule has 2 aromatic rings. The van der Waals surface area contributed by atoms with E-state index < -0.39 is 0 Å². The molecule has 0 spiro atoms. The number of nitrogens with one attached hydrogen (secondary N) is 2. The fourth-order valence-corrected chi connectivity index (χ4v) is 3.29. The molecule has 0 unspecified atom stereocenters. The molecular weight excluding hydrogens is 475 g/mol. The standard InChI is InChI=1S/C23H32N4O.HI/c1-19(2)16-25-23(24-12-11-22-6-5-15-28-22)26-17-20-7-9-21(10-8-20)18-27-13-3-4-14-27;/h5-10,15H,1,3-4,11-14,16-18H2,2H3,(H2,24,25,26);1H. The number of benzene rings is 1.